The Morgan fingerprint density at radius 2 is 2.14 bits per heavy atom. The van der Waals surface area contributed by atoms with E-state index in [0.717, 1.165) is 0 Å². The average molecular weight is 289 g/mol. The number of nitrogens with one attached hydrogen (secondary N) is 1. The number of piperidine rings is 1. The van der Waals surface area contributed by atoms with Gasteiger partial charge >= 0.3 is 6.03 Å². The molecule has 21 heavy (non-hydrogen) atoms. The number of nitriles is 1. The SMILES string of the molecule is N#Cc1cc([N+](=O)[O-])ccc1NC1CCN(C(N)=O)CC1. The first-order valence-electron chi connectivity index (χ1n) is 6.50. The summed E-state index contributed by atoms with van der Waals surface area (Å²) in [4.78, 5) is 22.8. The van der Waals surface area contributed by atoms with Crippen molar-refractivity contribution in [2.24, 2.45) is 5.73 Å². The minimum atomic E-state index is -0.532. The number of nitro groups is 1. The van der Waals surface area contributed by atoms with Crippen molar-refractivity contribution in [2.75, 3.05) is 18.4 Å². The van der Waals surface area contributed by atoms with Gasteiger partial charge < -0.3 is 16.0 Å². The highest BCUT2D eigenvalue weighted by atomic mass is 16.6. The number of urea groups is 1. The second-order valence-electron chi connectivity index (χ2n) is 4.84. The van der Waals surface area contributed by atoms with Crippen LogP contribution in [0.5, 0.6) is 0 Å². The lowest BCUT2D eigenvalue weighted by molar-refractivity contribution is -0.384. The van der Waals surface area contributed by atoms with E-state index in [1.807, 2.05) is 6.07 Å². The van der Waals surface area contributed by atoms with Crippen molar-refractivity contribution in [1.82, 2.24) is 4.90 Å². The molecular formula is C13H15N5O3. The number of amides is 2. The molecule has 0 radical (unpaired) electrons. The molecule has 1 aliphatic rings. The summed E-state index contributed by atoms with van der Waals surface area (Å²) in [6.45, 7) is 1.11. The van der Waals surface area contributed by atoms with Crippen LogP contribution in [0.1, 0.15) is 18.4 Å². The molecule has 0 saturated carbocycles. The highest BCUT2D eigenvalue weighted by Gasteiger charge is 2.22. The lowest BCUT2D eigenvalue weighted by Crippen LogP contribution is -2.44. The molecule has 0 spiro atoms. The summed E-state index contributed by atoms with van der Waals surface area (Å²) in [6, 6.07) is 5.78. The van der Waals surface area contributed by atoms with E-state index in [1.165, 1.54) is 18.2 Å². The van der Waals surface area contributed by atoms with Gasteiger partial charge in [0.15, 0.2) is 0 Å². The molecule has 1 aromatic rings. The molecule has 2 rings (SSSR count). The van der Waals surface area contributed by atoms with Gasteiger partial charge in [-0.05, 0) is 18.9 Å². The highest BCUT2D eigenvalue weighted by Crippen LogP contribution is 2.24. The van der Waals surface area contributed by atoms with Crippen LogP contribution in [0.25, 0.3) is 0 Å². The molecule has 0 bridgehead atoms. The van der Waals surface area contributed by atoms with Crippen molar-refractivity contribution in [1.29, 1.82) is 5.26 Å². The number of benzene rings is 1. The van der Waals surface area contributed by atoms with Crippen molar-refractivity contribution in [3.8, 4) is 6.07 Å². The Balaban J connectivity index is 2.06. The third-order valence-electron chi connectivity index (χ3n) is 3.50. The molecule has 2 amide bonds. The van der Waals surface area contributed by atoms with E-state index in [-0.39, 0.29) is 17.3 Å². The van der Waals surface area contributed by atoms with Crippen molar-refractivity contribution >= 4 is 17.4 Å². The molecule has 1 aromatic carbocycles. The Morgan fingerprint density at radius 1 is 1.48 bits per heavy atom. The van der Waals surface area contributed by atoms with Crippen LogP contribution in [-0.2, 0) is 0 Å². The number of hydrogen-bond acceptors (Lipinski definition) is 5. The van der Waals surface area contributed by atoms with Crippen molar-refractivity contribution in [3.63, 3.8) is 0 Å². The Labute approximate surface area is 121 Å². The fourth-order valence-electron chi connectivity index (χ4n) is 2.33. The standard InChI is InChI=1S/C13H15N5O3/c14-8-9-7-11(18(20)21)1-2-12(9)16-10-3-5-17(6-4-10)13(15)19/h1-2,7,10,16H,3-6H2,(H2,15,19). The lowest BCUT2D eigenvalue weighted by Gasteiger charge is -2.31. The topological polar surface area (TPSA) is 125 Å². The van der Waals surface area contributed by atoms with Gasteiger partial charge in [-0.2, -0.15) is 5.26 Å². The monoisotopic (exact) mass is 289 g/mol. The van der Waals surface area contributed by atoms with Crippen LogP contribution in [0.15, 0.2) is 18.2 Å². The quantitative estimate of drug-likeness (QED) is 0.643. The summed E-state index contributed by atoms with van der Waals surface area (Å²) < 4.78 is 0. The van der Waals surface area contributed by atoms with E-state index < -0.39 is 11.0 Å². The van der Waals surface area contributed by atoms with E-state index in [1.54, 1.807) is 4.90 Å². The Morgan fingerprint density at radius 3 is 2.67 bits per heavy atom. The number of anilines is 1. The van der Waals surface area contributed by atoms with Crippen LogP contribution >= 0.6 is 0 Å². The number of likely N-dealkylation sites (tertiary alicyclic amines) is 1. The van der Waals surface area contributed by atoms with Gasteiger partial charge in [-0.15, -0.1) is 0 Å². The summed E-state index contributed by atoms with van der Waals surface area (Å²) in [5, 5.41) is 23.0. The molecule has 1 saturated heterocycles. The number of nitrogens with zero attached hydrogens (tertiary/aromatic N) is 3. The fraction of sp³-hybridized carbons (Fsp3) is 0.385. The predicted molar refractivity (Wildman–Crippen MR) is 75.6 cm³/mol. The van der Waals surface area contributed by atoms with Gasteiger partial charge in [0.2, 0.25) is 0 Å². The highest BCUT2D eigenvalue weighted by molar-refractivity contribution is 5.72. The Kier molecular flexibility index (Phi) is 4.23. The molecule has 0 aliphatic carbocycles. The van der Waals surface area contributed by atoms with Gasteiger partial charge in [0.1, 0.15) is 6.07 Å². The molecule has 1 fully saturated rings. The maximum atomic E-state index is 11.0. The first-order valence-corrected chi connectivity index (χ1v) is 6.50. The fourth-order valence-corrected chi connectivity index (χ4v) is 2.33. The first kappa shape index (κ1) is 14.6. The van der Waals surface area contributed by atoms with E-state index in [2.05, 4.69) is 5.32 Å². The van der Waals surface area contributed by atoms with Crippen LogP contribution < -0.4 is 11.1 Å². The molecule has 8 nitrogen and oxygen atoms in total. The molecular weight excluding hydrogens is 274 g/mol. The van der Waals surface area contributed by atoms with Gasteiger partial charge in [-0.3, -0.25) is 10.1 Å². The number of nitro benzene ring substituents is 1. The zero-order valence-electron chi connectivity index (χ0n) is 11.3. The lowest BCUT2D eigenvalue weighted by atomic mass is 10.0. The van der Waals surface area contributed by atoms with Gasteiger partial charge in [0.25, 0.3) is 5.69 Å². The minimum absolute atomic E-state index is 0.106. The normalized spacial score (nSPS) is 15.3. The zero-order chi connectivity index (χ0) is 15.4. The van der Waals surface area contributed by atoms with Crippen molar-refractivity contribution < 1.29 is 9.72 Å². The first-order chi connectivity index (χ1) is 10.0. The predicted octanol–water partition coefficient (Wildman–Crippen LogP) is 1.42. The van der Waals surface area contributed by atoms with Crippen LogP contribution in [-0.4, -0.2) is 35.0 Å². The number of carbonyl (C=O) groups is 1. The van der Waals surface area contributed by atoms with Crippen LogP contribution in [0.4, 0.5) is 16.2 Å². The maximum Gasteiger partial charge on any atom is 0.314 e. The second kappa shape index (κ2) is 6.09. The maximum absolute atomic E-state index is 11.0. The summed E-state index contributed by atoms with van der Waals surface area (Å²) in [6.07, 6.45) is 1.43. The molecule has 0 aromatic heterocycles. The van der Waals surface area contributed by atoms with Gasteiger partial charge in [0, 0.05) is 31.3 Å². The molecule has 110 valence electrons. The smallest absolute Gasteiger partial charge is 0.314 e. The average Bonchev–Trinajstić information content (AvgIpc) is 2.48. The van der Waals surface area contributed by atoms with Crippen molar-refractivity contribution in [2.45, 2.75) is 18.9 Å². The molecule has 1 aliphatic heterocycles. The summed E-state index contributed by atoms with van der Waals surface area (Å²) in [5.41, 5.74) is 5.91. The largest absolute Gasteiger partial charge is 0.381 e. The number of non-ortho nitro benzene ring substituents is 1. The summed E-state index contributed by atoms with van der Waals surface area (Å²) in [7, 11) is 0. The number of primary amides is 1. The second-order valence-corrected chi connectivity index (χ2v) is 4.84. The molecule has 3 N–H and O–H groups in total. The van der Waals surface area contributed by atoms with E-state index in [9.17, 15) is 14.9 Å². The molecule has 8 heteroatoms. The Hall–Kier alpha value is -2.82. The van der Waals surface area contributed by atoms with Gasteiger partial charge in [-0.1, -0.05) is 0 Å². The van der Waals surface area contributed by atoms with E-state index in [0.29, 0.717) is 31.6 Å². The molecule has 0 atom stereocenters. The summed E-state index contributed by atoms with van der Waals surface area (Å²) in [5.74, 6) is 0. The van der Waals surface area contributed by atoms with E-state index >= 15 is 0 Å². The molecule has 0 unspecified atom stereocenters. The van der Waals surface area contributed by atoms with Crippen molar-refractivity contribution in [3.05, 3.63) is 33.9 Å². The number of hydrogen-bond donors (Lipinski definition) is 2. The third-order valence-corrected chi connectivity index (χ3v) is 3.50. The third kappa shape index (κ3) is 3.39. The van der Waals surface area contributed by atoms with Crippen LogP contribution in [0, 0.1) is 21.4 Å². The number of carbonyl (C=O) groups excluding carboxylic acids is 1. The van der Waals surface area contributed by atoms with Crippen LogP contribution in [0.2, 0.25) is 0 Å². The molecule has 1 heterocycles. The number of nitrogens with two attached hydrogens (primary N) is 1. The van der Waals surface area contributed by atoms with E-state index in [4.69, 9.17) is 11.0 Å². The van der Waals surface area contributed by atoms with Gasteiger partial charge in [0.05, 0.1) is 16.2 Å². The minimum Gasteiger partial charge on any atom is -0.381 e. The zero-order valence-corrected chi connectivity index (χ0v) is 11.3. The van der Waals surface area contributed by atoms with Gasteiger partial charge in [-0.25, -0.2) is 4.79 Å². The number of rotatable bonds is 3. The summed E-state index contributed by atoms with van der Waals surface area (Å²) >= 11 is 0. The van der Waals surface area contributed by atoms with Crippen LogP contribution in [0.3, 0.4) is 0 Å². The Bertz CT molecular complexity index is 602.